The average Bonchev–Trinajstić information content (AvgIpc) is 2.99. The Balaban J connectivity index is 1.42. The molecular weight excluding hydrogens is 373 g/mol. The van der Waals surface area contributed by atoms with E-state index in [0.717, 1.165) is 15.3 Å². The van der Waals surface area contributed by atoms with Gasteiger partial charge in [0.25, 0.3) is 5.69 Å². The van der Waals surface area contributed by atoms with Gasteiger partial charge in [0.05, 0.1) is 33.8 Å². The van der Waals surface area contributed by atoms with Gasteiger partial charge >= 0.3 is 5.97 Å². The van der Waals surface area contributed by atoms with Crippen LogP contribution < -0.4 is 4.90 Å². The molecule has 0 spiro atoms. The van der Waals surface area contributed by atoms with Gasteiger partial charge in [0, 0.05) is 11.6 Å². The van der Waals surface area contributed by atoms with E-state index in [1.807, 2.05) is 4.90 Å². The van der Waals surface area contributed by atoms with E-state index in [2.05, 4.69) is 4.98 Å². The van der Waals surface area contributed by atoms with Gasteiger partial charge in [0.1, 0.15) is 11.9 Å². The molecule has 2 heterocycles. The molecule has 138 valence electrons. The summed E-state index contributed by atoms with van der Waals surface area (Å²) >= 11 is 1.38. The second kappa shape index (κ2) is 6.58. The lowest BCUT2D eigenvalue weighted by Gasteiger charge is -2.38. The summed E-state index contributed by atoms with van der Waals surface area (Å²) in [5, 5.41) is 11.7. The molecule has 0 N–H and O–H groups in total. The third-order valence-corrected chi connectivity index (χ3v) is 5.53. The van der Waals surface area contributed by atoms with Crippen LogP contribution in [0.25, 0.3) is 10.2 Å². The number of halogens is 1. The number of hydrogen-bond acceptors (Lipinski definition) is 7. The average molecular weight is 387 g/mol. The lowest BCUT2D eigenvalue weighted by Crippen LogP contribution is -2.53. The predicted octanol–water partition coefficient (Wildman–Crippen LogP) is 3.70. The standard InChI is InChI=1S/C18H14FN3O4S/c1-10-13(3-2-4-15(10)22(24)25)17(23)26-12-8-21(9-12)18-20-14-6-5-11(19)7-16(14)27-18/h2-7,12H,8-9H2,1H3. The number of fused-ring (bicyclic) bond motifs is 1. The van der Waals surface area contributed by atoms with Gasteiger partial charge in [-0.25, -0.2) is 14.2 Å². The van der Waals surface area contributed by atoms with Crippen LogP contribution in [0, 0.1) is 22.9 Å². The molecule has 7 nitrogen and oxygen atoms in total. The molecule has 9 heteroatoms. The first-order chi connectivity index (χ1) is 12.9. The van der Waals surface area contributed by atoms with Crippen molar-refractivity contribution in [1.29, 1.82) is 0 Å². The zero-order valence-electron chi connectivity index (χ0n) is 14.2. The number of aromatic nitrogens is 1. The van der Waals surface area contributed by atoms with Crippen LogP contribution >= 0.6 is 11.3 Å². The number of esters is 1. The van der Waals surface area contributed by atoms with E-state index in [9.17, 15) is 19.3 Å². The highest BCUT2D eigenvalue weighted by Crippen LogP contribution is 2.32. The van der Waals surface area contributed by atoms with Crippen molar-refractivity contribution in [2.45, 2.75) is 13.0 Å². The van der Waals surface area contributed by atoms with Gasteiger partial charge < -0.3 is 9.64 Å². The molecule has 1 aliphatic rings. The molecule has 1 aromatic heterocycles. The maximum Gasteiger partial charge on any atom is 0.339 e. The third kappa shape index (κ3) is 3.21. The summed E-state index contributed by atoms with van der Waals surface area (Å²) < 4.78 is 19.5. The molecule has 0 unspecified atom stereocenters. The first-order valence-electron chi connectivity index (χ1n) is 8.18. The number of carbonyl (C=O) groups is 1. The molecule has 0 amide bonds. The lowest BCUT2D eigenvalue weighted by molar-refractivity contribution is -0.385. The van der Waals surface area contributed by atoms with Crippen molar-refractivity contribution < 1.29 is 18.8 Å². The van der Waals surface area contributed by atoms with E-state index >= 15 is 0 Å². The van der Waals surface area contributed by atoms with Crippen LogP contribution in [0.1, 0.15) is 15.9 Å². The van der Waals surface area contributed by atoms with Gasteiger partial charge in [-0.1, -0.05) is 17.4 Å². The van der Waals surface area contributed by atoms with Crippen LogP contribution in [-0.4, -0.2) is 35.1 Å². The Morgan fingerprint density at radius 3 is 2.89 bits per heavy atom. The van der Waals surface area contributed by atoms with Crippen molar-refractivity contribution in [1.82, 2.24) is 4.98 Å². The molecule has 3 aromatic rings. The SMILES string of the molecule is Cc1c(C(=O)OC2CN(c3nc4ccc(F)cc4s3)C2)cccc1[N+](=O)[O-]. The van der Waals surface area contributed by atoms with Crippen LogP contribution in [0.5, 0.6) is 0 Å². The van der Waals surface area contributed by atoms with Gasteiger partial charge in [-0.2, -0.15) is 0 Å². The maximum atomic E-state index is 13.3. The highest BCUT2D eigenvalue weighted by Gasteiger charge is 2.33. The van der Waals surface area contributed by atoms with Gasteiger partial charge in [-0.05, 0) is 31.2 Å². The summed E-state index contributed by atoms with van der Waals surface area (Å²) in [5.74, 6) is -0.882. The second-order valence-corrected chi connectivity index (χ2v) is 7.26. The molecule has 27 heavy (non-hydrogen) atoms. The minimum absolute atomic E-state index is 0.110. The fourth-order valence-electron chi connectivity index (χ4n) is 2.95. The monoisotopic (exact) mass is 387 g/mol. The summed E-state index contributed by atoms with van der Waals surface area (Å²) in [6.07, 6.45) is -0.320. The first kappa shape index (κ1) is 17.3. The maximum absolute atomic E-state index is 13.3. The number of rotatable bonds is 4. The summed E-state index contributed by atoms with van der Waals surface area (Å²) in [6, 6.07) is 8.78. The molecule has 4 rings (SSSR count). The van der Waals surface area contributed by atoms with Crippen LogP contribution in [0.4, 0.5) is 15.2 Å². The summed E-state index contributed by atoms with van der Waals surface area (Å²) in [6.45, 7) is 2.48. The van der Waals surface area contributed by atoms with Gasteiger partial charge in [-0.15, -0.1) is 0 Å². The number of ether oxygens (including phenoxy) is 1. The molecule has 1 aliphatic heterocycles. The first-order valence-corrected chi connectivity index (χ1v) is 9.00. The fraction of sp³-hybridized carbons (Fsp3) is 0.222. The highest BCUT2D eigenvalue weighted by atomic mass is 32.1. The number of thiazole rings is 1. The number of anilines is 1. The Morgan fingerprint density at radius 1 is 1.37 bits per heavy atom. The van der Waals surface area contributed by atoms with Crippen molar-refractivity contribution in [3.8, 4) is 0 Å². The van der Waals surface area contributed by atoms with Crippen molar-refractivity contribution in [3.63, 3.8) is 0 Å². The van der Waals surface area contributed by atoms with Crippen LogP contribution in [0.3, 0.4) is 0 Å². The van der Waals surface area contributed by atoms with E-state index in [0.29, 0.717) is 13.1 Å². The van der Waals surface area contributed by atoms with E-state index in [1.165, 1.54) is 48.6 Å². The fourth-order valence-corrected chi connectivity index (χ4v) is 3.96. The van der Waals surface area contributed by atoms with E-state index in [4.69, 9.17) is 4.74 Å². The molecule has 0 saturated carbocycles. The number of benzene rings is 2. The zero-order valence-corrected chi connectivity index (χ0v) is 15.0. The van der Waals surface area contributed by atoms with Gasteiger partial charge in [-0.3, -0.25) is 10.1 Å². The molecule has 0 aliphatic carbocycles. The number of nitro benzene ring substituents is 1. The lowest BCUT2D eigenvalue weighted by atomic mass is 10.1. The minimum Gasteiger partial charge on any atom is -0.455 e. The molecule has 0 bridgehead atoms. The Bertz CT molecular complexity index is 1060. The van der Waals surface area contributed by atoms with Crippen LogP contribution in [-0.2, 0) is 4.74 Å². The van der Waals surface area contributed by atoms with Crippen molar-refractivity contribution >= 4 is 38.3 Å². The second-order valence-electron chi connectivity index (χ2n) is 6.25. The van der Waals surface area contributed by atoms with Crippen molar-refractivity contribution in [3.05, 3.63) is 63.5 Å². The number of nitrogens with zero attached hydrogens (tertiary/aromatic N) is 3. The molecule has 2 aromatic carbocycles. The smallest absolute Gasteiger partial charge is 0.339 e. The van der Waals surface area contributed by atoms with Crippen molar-refractivity contribution in [2.75, 3.05) is 18.0 Å². The summed E-state index contributed by atoms with van der Waals surface area (Å²) in [4.78, 5) is 29.2. The predicted molar refractivity (Wildman–Crippen MR) is 98.8 cm³/mol. The van der Waals surface area contributed by atoms with E-state index < -0.39 is 10.9 Å². The van der Waals surface area contributed by atoms with Crippen LogP contribution in [0.15, 0.2) is 36.4 Å². The highest BCUT2D eigenvalue weighted by molar-refractivity contribution is 7.22. The number of nitro groups is 1. The Hall–Kier alpha value is -3.07. The van der Waals surface area contributed by atoms with E-state index in [1.54, 1.807) is 6.07 Å². The Kier molecular flexibility index (Phi) is 4.23. The summed E-state index contributed by atoms with van der Waals surface area (Å²) in [7, 11) is 0. The molecule has 1 fully saturated rings. The quantitative estimate of drug-likeness (QED) is 0.385. The number of carbonyl (C=O) groups excluding carboxylic acids is 1. The summed E-state index contributed by atoms with van der Waals surface area (Å²) in [5.41, 5.74) is 1.10. The molecule has 0 radical (unpaired) electrons. The molecular formula is C18H14FN3O4S. The Morgan fingerprint density at radius 2 is 2.15 bits per heavy atom. The minimum atomic E-state index is -0.577. The Labute approximate surface area is 157 Å². The topological polar surface area (TPSA) is 85.6 Å². The van der Waals surface area contributed by atoms with E-state index in [-0.39, 0.29) is 28.7 Å². The van der Waals surface area contributed by atoms with Gasteiger partial charge in [0.15, 0.2) is 5.13 Å². The zero-order chi connectivity index (χ0) is 19.1. The largest absolute Gasteiger partial charge is 0.455 e. The van der Waals surface area contributed by atoms with Gasteiger partial charge in [0.2, 0.25) is 0 Å². The van der Waals surface area contributed by atoms with Crippen molar-refractivity contribution in [2.24, 2.45) is 0 Å². The molecule has 0 atom stereocenters. The normalized spacial score (nSPS) is 14.2. The van der Waals surface area contributed by atoms with Crippen LogP contribution in [0.2, 0.25) is 0 Å². The number of hydrogen-bond donors (Lipinski definition) is 0. The third-order valence-electron chi connectivity index (χ3n) is 4.45. The molecule has 1 saturated heterocycles.